The van der Waals surface area contributed by atoms with Crippen LogP contribution >= 0.6 is 0 Å². The summed E-state index contributed by atoms with van der Waals surface area (Å²) in [6.45, 7) is 1.78. The van der Waals surface area contributed by atoms with Crippen LogP contribution in [0.4, 0.5) is 11.4 Å². The molecule has 2 heterocycles. The summed E-state index contributed by atoms with van der Waals surface area (Å²) in [5.41, 5.74) is 2.94. The number of benzene rings is 2. The van der Waals surface area contributed by atoms with Gasteiger partial charge in [0, 0.05) is 28.5 Å². The molecule has 1 saturated carbocycles. The number of aromatic hydroxyl groups is 1. The number of aliphatic hydroxyl groups is 1. The molecule has 5 rings (SSSR count). The van der Waals surface area contributed by atoms with Gasteiger partial charge in [-0.2, -0.15) is 8.42 Å². The third kappa shape index (κ3) is 3.03. The van der Waals surface area contributed by atoms with Crippen molar-refractivity contribution < 1.29 is 28.0 Å². The lowest BCUT2D eigenvalue weighted by molar-refractivity contribution is -0.110. The number of nitrogens with one attached hydrogen (secondary N) is 1. The number of para-hydroxylation sites is 1. The molecule has 1 fully saturated rings. The van der Waals surface area contributed by atoms with Crippen LogP contribution in [-0.2, 0) is 14.9 Å². The van der Waals surface area contributed by atoms with Gasteiger partial charge in [0.15, 0.2) is 0 Å². The third-order valence-corrected chi connectivity index (χ3v) is 7.97. The maximum absolute atomic E-state index is 13.0. The Kier molecular flexibility index (Phi) is 4.40. The van der Waals surface area contributed by atoms with Crippen LogP contribution in [0.1, 0.15) is 37.0 Å². The zero-order valence-electron chi connectivity index (χ0n) is 16.7. The number of phenolic OH excluding ortho intramolecular Hbond substituents is 1. The molecular formula is C22H22N2O6S. The van der Waals surface area contributed by atoms with Gasteiger partial charge in [-0.25, -0.2) is 0 Å². The minimum atomic E-state index is -4.22. The van der Waals surface area contributed by atoms with Crippen LogP contribution in [0.2, 0.25) is 0 Å². The number of carbonyl (C=O) groups is 1. The van der Waals surface area contributed by atoms with Crippen LogP contribution in [0, 0.1) is 5.92 Å². The molecule has 0 spiro atoms. The molecule has 2 aromatic rings. The van der Waals surface area contributed by atoms with E-state index >= 15 is 0 Å². The molecule has 4 unspecified atom stereocenters. The van der Waals surface area contributed by atoms with Gasteiger partial charge >= 0.3 is 0 Å². The van der Waals surface area contributed by atoms with Gasteiger partial charge in [0.25, 0.3) is 16.0 Å². The molecule has 2 aliphatic heterocycles. The first-order valence-corrected chi connectivity index (χ1v) is 11.6. The van der Waals surface area contributed by atoms with Gasteiger partial charge < -0.3 is 20.4 Å². The highest BCUT2D eigenvalue weighted by atomic mass is 32.2. The number of nitrogens with zero attached hydrogens (tertiary/aromatic N) is 1. The number of carbonyl (C=O) groups excluding carboxylic acids is 1. The van der Waals surface area contributed by atoms with Crippen LogP contribution < -0.4 is 10.2 Å². The lowest BCUT2D eigenvalue weighted by atomic mass is 10.00. The summed E-state index contributed by atoms with van der Waals surface area (Å²) in [6.07, 6.45) is -0.450. The fourth-order valence-electron chi connectivity index (χ4n) is 5.21. The Morgan fingerprint density at radius 1 is 1.13 bits per heavy atom. The van der Waals surface area contributed by atoms with Crippen LogP contribution in [0.15, 0.2) is 48.2 Å². The first kappa shape index (κ1) is 20.0. The normalized spacial score (nSPS) is 29.8. The first-order chi connectivity index (χ1) is 14.7. The molecule has 0 aromatic heterocycles. The predicted octanol–water partition coefficient (Wildman–Crippen LogP) is 2.66. The summed E-state index contributed by atoms with van der Waals surface area (Å²) in [5, 5.41) is 23.1. The van der Waals surface area contributed by atoms with E-state index in [9.17, 15) is 28.0 Å². The largest absolute Gasteiger partial charge is 0.508 e. The first-order valence-electron chi connectivity index (χ1n) is 10.1. The van der Waals surface area contributed by atoms with E-state index in [0.717, 1.165) is 0 Å². The molecule has 1 amide bonds. The Bertz CT molecular complexity index is 1240. The fraction of sp³-hybridized carbons (Fsp3) is 0.318. The highest BCUT2D eigenvalue weighted by molar-refractivity contribution is 7.86. The lowest BCUT2D eigenvalue weighted by Crippen LogP contribution is -2.33. The zero-order chi connectivity index (χ0) is 22.1. The van der Waals surface area contributed by atoms with E-state index in [0.29, 0.717) is 34.6 Å². The van der Waals surface area contributed by atoms with Crippen LogP contribution in [0.25, 0.3) is 5.57 Å². The van der Waals surface area contributed by atoms with Gasteiger partial charge in [0.1, 0.15) is 11.9 Å². The Balaban J connectivity index is 1.70. The molecule has 4 atom stereocenters. The van der Waals surface area contributed by atoms with E-state index in [1.807, 2.05) is 17.0 Å². The van der Waals surface area contributed by atoms with Crippen LogP contribution in [0.5, 0.6) is 5.75 Å². The number of aliphatic hydroxyl groups excluding tert-OH is 1. The number of hydrogen-bond donors (Lipinski definition) is 4. The molecule has 8 nitrogen and oxygen atoms in total. The van der Waals surface area contributed by atoms with Crippen molar-refractivity contribution in [3.8, 4) is 5.75 Å². The summed E-state index contributed by atoms with van der Waals surface area (Å²) in [6, 6.07) is 11.4. The molecule has 1 aliphatic carbocycles. The molecule has 4 N–H and O–H groups in total. The van der Waals surface area contributed by atoms with Crippen molar-refractivity contribution in [2.45, 2.75) is 37.2 Å². The van der Waals surface area contributed by atoms with Gasteiger partial charge in [0.2, 0.25) is 0 Å². The number of fused-ring (bicyclic) bond motifs is 2. The topological polar surface area (TPSA) is 127 Å². The maximum atomic E-state index is 13.0. The van der Waals surface area contributed by atoms with Crippen LogP contribution in [0.3, 0.4) is 0 Å². The second-order valence-corrected chi connectivity index (χ2v) is 10.1. The molecule has 162 valence electrons. The molecule has 0 bridgehead atoms. The molecule has 0 saturated heterocycles. The van der Waals surface area contributed by atoms with E-state index in [1.54, 1.807) is 25.1 Å². The predicted molar refractivity (Wildman–Crippen MR) is 115 cm³/mol. The molecule has 9 heteroatoms. The smallest absolute Gasteiger partial charge is 0.268 e. The Hall–Kier alpha value is -2.88. The van der Waals surface area contributed by atoms with Gasteiger partial charge in [-0.05, 0) is 43.0 Å². The minimum Gasteiger partial charge on any atom is -0.508 e. The Labute approximate surface area is 179 Å². The number of rotatable bonds is 2. The second kappa shape index (κ2) is 6.81. The molecular weight excluding hydrogens is 420 g/mol. The van der Waals surface area contributed by atoms with Crippen molar-refractivity contribution in [1.29, 1.82) is 0 Å². The summed E-state index contributed by atoms with van der Waals surface area (Å²) in [7, 11) is -4.22. The lowest BCUT2D eigenvalue weighted by Gasteiger charge is -2.30. The van der Waals surface area contributed by atoms with E-state index in [4.69, 9.17) is 0 Å². The molecule has 0 radical (unpaired) electrons. The van der Waals surface area contributed by atoms with Crippen molar-refractivity contribution >= 4 is 33.0 Å². The number of anilines is 2. The fourth-order valence-corrected chi connectivity index (χ4v) is 6.37. The quantitative estimate of drug-likeness (QED) is 0.320. The monoisotopic (exact) mass is 442 g/mol. The third-order valence-electron chi connectivity index (χ3n) is 6.54. The molecule has 31 heavy (non-hydrogen) atoms. The van der Waals surface area contributed by atoms with Gasteiger partial charge in [-0.15, -0.1) is 0 Å². The van der Waals surface area contributed by atoms with Crippen molar-refractivity contribution in [3.05, 3.63) is 59.3 Å². The van der Waals surface area contributed by atoms with Gasteiger partial charge in [-0.3, -0.25) is 9.35 Å². The van der Waals surface area contributed by atoms with Gasteiger partial charge in [-0.1, -0.05) is 25.1 Å². The standard InChI is InChI=1S/C22H22N2O6S/c1-11-8-12(9-18(11)31(28,29)30)24-17-5-3-2-4-14(17)21(26)20(24)19-15-10-13(25)6-7-16(15)23-22(19)27/h2-7,10-12,18,21,25-26H,8-9H2,1H3,(H,23,27)(H,28,29,30)/b20-19-. The van der Waals surface area contributed by atoms with Crippen molar-refractivity contribution in [2.24, 2.45) is 5.92 Å². The summed E-state index contributed by atoms with van der Waals surface area (Å²) < 4.78 is 33.5. The summed E-state index contributed by atoms with van der Waals surface area (Å²) in [5.74, 6) is -0.694. The second-order valence-electron chi connectivity index (χ2n) is 8.43. The Morgan fingerprint density at radius 2 is 1.87 bits per heavy atom. The van der Waals surface area contributed by atoms with Crippen molar-refractivity contribution in [2.75, 3.05) is 10.2 Å². The maximum Gasteiger partial charge on any atom is 0.268 e. The van der Waals surface area contributed by atoms with E-state index in [1.165, 1.54) is 12.1 Å². The minimum absolute atomic E-state index is 0.00849. The molecule has 3 aliphatic rings. The molecule has 2 aromatic carbocycles. The summed E-state index contributed by atoms with van der Waals surface area (Å²) in [4.78, 5) is 14.8. The van der Waals surface area contributed by atoms with E-state index < -0.39 is 27.4 Å². The van der Waals surface area contributed by atoms with E-state index in [2.05, 4.69) is 5.32 Å². The SMILES string of the molecule is CC1CC(N2/C(=C3\C(=O)Nc4ccc(O)cc43)C(O)c3ccccc32)CC1S(=O)(=O)O. The summed E-state index contributed by atoms with van der Waals surface area (Å²) >= 11 is 0. The van der Waals surface area contributed by atoms with Crippen molar-refractivity contribution in [1.82, 2.24) is 0 Å². The number of amides is 1. The highest BCUT2D eigenvalue weighted by Crippen LogP contribution is 2.51. The zero-order valence-corrected chi connectivity index (χ0v) is 17.5. The average molecular weight is 442 g/mol. The van der Waals surface area contributed by atoms with Crippen LogP contribution in [-0.4, -0.2) is 40.4 Å². The number of phenols is 1. The number of hydrogen-bond acceptors (Lipinski definition) is 6. The van der Waals surface area contributed by atoms with E-state index in [-0.39, 0.29) is 29.7 Å². The van der Waals surface area contributed by atoms with Gasteiger partial charge in [0.05, 0.1) is 16.5 Å². The Morgan fingerprint density at radius 3 is 2.58 bits per heavy atom. The van der Waals surface area contributed by atoms with Crippen molar-refractivity contribution in [3.63, 3.8) is 0 Å². The highest BCUT2D eigenvalue weighted by Gasteiger charge is 2.47. The average Bonchev–Trinajstić information content (AvgIpc) is 3.33.